The van der Waals surface area contributed by atoms with Crippen LogP contribution in [0, 0.1) is 22.7 Å². The maximum absolute atomic E-state index is 12.8. The zero-order valence-electron chi connectivity index (χ0n) is 14.1. The number of rotatable bonds is 3. The average Bonchev–Trinajstić information content (AvgIpc) is 3.16. The molecule has 1 aliphatic carbocycles. The van der Waals surface area contributed by atoms with Crippen LogP contribution in [0.1, 0.15) is 52.1 Å². The van der Waals surface area contributed by atoms with E-state index in [1.54, 1.807) is 0 Å². The molecule has 0 unspecified atom stereocenters. The molecule has 6 heteroatoms. The maximum atomic E-state index is 12.8. The van der Waals surface area contributed by atoms with Crippen molar-refractivity contribution in [3.63, 3.8) is 0 Å². The van der Waals surface area contributed by atoms with Crippen molar-refractivity contribution in [2.45, 2.75) is 52.0 Å². The summed E-state index contributed by atoms with van der Waals surface area (Å²) < 4.78 is 5.22. The molecule has 1 N–H and O–H groups in total. The van der Waals surface area contributed by atoms with Crippen LogP contribution in [0.15, 0.2) is 10.7 Å². The van der Waals surface area contributed by atoms with E-state index >= 15 is 0 Å². The summed E-state index contributed by atoms with van der Waals surface area (Å²) in [6, 6.07) is 2.19. The molecular weight excluding hydrogens is 292 g/mol. The number of hydrogen-bond donors (Lipinski definition) is 1. The highest BCUT2D eigenvalue weighted by Crippen LogP contribution is 2.42. The van der Waals surface area contributed by atoms with Gasteiger partial charge in [-0.25, -0.2) is 0 Å². The van der Waals surface area contributed by atoms with Gasteiger partial charge in [0.05, 0.1) is 0 Å². The maximum Gasteiger partial charge on any atom is 0.296 e. The predicted octanol–water partition coefficient (Wildman–Crippen LogP) is 2.78. The zero-order valence-corrected chi connectivity index (χ0v) is 14.1. The Morgan fingerprint density at radius 1 is 1.43 bits per heavy atom. The third kappa shape index (κ3) is 3.19. The number of oxazole rings is 1. The lowest BCUT2D eigenvalue weighted by Gasteiger charge is -2.39. The fourth-order valence-corrected chi connectivity index (χ4v) is 3.36. The van der Waals surface area contributed by atoms with Crippen LogP contribution in [-0.4, -0.2) is 34.4 Å². The van der Waals surface area contributed by atoms with Gasteiger partial charge in [-0.3, -0.25) is 4.79 Å². The molecule has 0 spiro atoms. The molecule has 2 aliphatic rings. The first-order valence-electron chi connectivity index (χ1n) is 8.27. The van der Waals surface area contributed by atoms with Crippen molar-refractivity contribution in [1.29, 1.82) is 5.26 Å². The van der Waals surface area contributed by atoms with Crippen molar-refractivity contribution in [3.05, 3.63) is 12.0 Å². The van der Waals surface area contributed by atoms with Gasteiger partial charge in [-0.15, -0.1) is 0 Å². The average molecular weight is 316 g/mol. The number of nitriles is 1. The molecule has 1 saturated carbocycles. The van der Waals surface area contributed by atoms with Gasteiger partial charge < -0.3 is 14.6 Å². The number of aromatic nitrogens is 1. The van der Waals surface area contributed by atoms with Crippen molar-refractivity contribution >= 4 is 11.9 Å². The second kappa shape index (κ2) is 5.55. The number of anilines is 1. The molecular formula is C17H24N4O2. The van der Waals surface area contributed by atoms with Crippen LogP contribution in [0.4, 0.5) is 6.01 Å². The van der Waals surface area contributed by atoms with E-state index in [0.29, 0.717) is 11.3 Å². The Bertz CT molecular complexity index is 626. The molecule has 1 aromatic heterocycles. The van der Waals surface area contributed by atoms with Gasteiger partial charge >= 0.3 is 0 Å². The zero-order chi connectivity index (χ0) is 16.7. The van der Waals surface area contributed by atoms with E-state index in [0.717, 1.165) is 38.8 Å². The Hall–Kier alpha value is -2.03. The first kappa shape index (κ1) is 15.9. The van der Waals surface area contributed by atoms with Crippen LogP contribution in [0.25, 0.3) is 0 Å². The van der Waals surface area contributed by atoms with Crippen LogP contribution in [0.5, 0.6) is 0 Å². The largest absolute Gasteiger partial charge is 0.431 e. The van der Waals surface area contributed by atoms with Crippen LogP contribution >= 0.6 is 0 Å². The van der Waals surface area contributed by atoms with Crippen molar-refractivity contribution < 1.29 is 9.21 Å². The van der Waals surface area contributed by atoms with E-state index in [4.69, 9.17) is 9.68 Å². The van der Waals surface area contributed by atoms with E-state index in [1.807, 2.05) is 11.0 Å². The quantitative estimate of drug-likeness (QED) is 0.927. The SMILES string of the molecule is CC(C)(C)C1CCN(C(=O)C2(Nc3nc(C#N)co3)CC2)CC1. The van der Waals surface area contributed by atoms with Crippen molar-refractivity contribution in [2.75, 3.05) is 18.4 Å². The highest BCUT2D eigenvalue weighted by molar-refractivity contribution is 5.92. The Balaban J connectivity index is 1.61. The number of carbonyl (C=O) groups is 1. The summed E-state index contributed by atoms with van der Waals surface area (Å²) >= 11 is 0. The molecule has 1 amide bonds. The Morgan fingerprint density at radius 3 is 2.57 bits per heavy atom. The minimum Gasteiger partial charge on any atom is -0.431 e. The summed E-state index contributed by atoms with van der Waals surface area (Å²) in [5.41, 5.74) is -0.0514. The van der Waals surface area contributed by atoms with Crippen LogP contribution in [0.2, 0.25) is 0 Å². The fourth-order valence-electron chi connectivity index (χ4n) is 3.36. The summed E-state index contributed by atoms with van der Waals surface area (Å²) in [4.78, 5) is 18.8. The second-order valence-corrected chi connectivity index (χ2v) is 7.79. The number of nitrogens with one attached hydrogen (secondary N) is 1. The number of carbonyl (C=O) groups excluding carboxylic acids is 1. The topological polar surface area (TPSA) is 82.2 Å². The number of piperidine rings is 1. The number of hydrogen-bond acceptors (Lipinski definition) is 5. The summed E-state index contributed by atoms with van der Waals surface area (Å²) in [5.74, 6) is 0.807. The molecule has 0 radical (unpaired) electrons. The minimum atomic E-state index is -0.577. The van der Waals surface area contributed by atoms with Crippen LogP contribution in [0.3, 0.4) is 0 Å². The second-order valence-electron chi connectivity index (χ2n) is 7.79. The molecule has 0 atom stereocenters. The molecule has 6 nitrogen and oxygen atoms in total. The molecule has 0 bridgehead atoms. The van der Waals surface area contributed by atoms with E-state index in [-0.39, 0.29) is 17.6 Å². The molecule has 2 heterocycles. The molecule has 2 fully saturated rings. The van der Waals surface area contributed by atoms with Crippen LogP contribution in [-0.2, 0) is 4.79 Å². The van der Waals surface area contributed by atoms with Gasteiger partial charge in [0.25, 0.3) is 6.01 Å². The molecule has 0 aromatic carbocycles. The lowest BCUT2D eigenvalue weighted by molar-refractivity contribution is -0.135. The lowest BCUT2D eigenvalue weighted by Crippen LogP contribution is -2.49. The monoisotopic (exact) mass is 316 g/mol. The summed E-state index contributed by atoms with van der Waals surface area (Å²) in [7, 11) is 0. The van der Waals surface area contributed by atoms with Crippen molar-refractivity contribution in [1.82, 2.24) is 9.88 Å². The lowest BCUT2D eigenvalue weighted by atomic mass is 9.75. The first-order chi connectivity index (χ1) is 10.8. The third-order valence-corrected chi connectivity index (χ3v) is 5.13. The van der Waals surface area contributed by atoms with Gasteiger partial charge in [-0.05, 0) is 37.0 Å². The van der Waals surface area contributed by atoms with E-state index in [9.17, 15) is 4.79 Å². The molecule has 3 rings (SSSR count). The van der Waals surface area contributed by atoms with Gasteiger partial charge in [0, 0.05) is 13.1 Å². The molecule has 1 aliphatic heterocycles. The Kier molecular flexibility index (Phi) is 3.83. The molecule has 1 saturated heterocycles. The summed E-state index contributed by atoms with van der Waals surface area (Å²) in [6.45, 7) is 8.45. The van der Waals surface area contributed by atoms with Gasteiger partial charge in [0.2, 0.25) is 5.91 Å². The third-order valence-electron chi connectivity index (χ3n) is 5.13. The standard InChI is InChI=1S/C17H24N4O2/c1-16(2,3)12-4-8-21(9-5-12)14(22)17(6-7-17)20-15-19-13(10-18)11-23-15/h11-12H,4-9H2,1-3H3,(H,19,20). The normalized spacial score (nSPS) is 20.9. The van der Waals surface area contributed by atoms with Gasteiger partial charge in [-0.1, -0.05) is 20.8 Å². The Labute approximate surface area is 136 Å². The number of amides is 1. The van der Waals surface area contributed by atoms with E-state index in [2.05, 4.69) is 31.1 Å². The fraction of sp³-hybridized carbons (Fsp3) is 0.706. The summed E-state index contributed by atoms with van der Waals surface area (Å²) in [6.07, 6.45) is 4.99. The molecule has 124 valence electrons. The highest BCUT2D eigenvalue weighted by Gasteiger charge is 2.53. The molecule has 23 heavy (non-hydrogen) atoms. The van der Waals surface area contributed by atoms with Gasteiger partial charge in [0.1, 0.15) is 17.9 Å². The van der Waals surface area contributed by atoms with Crippen molar-refractivity contribution in [3.8, 4) is 6.07 Å². The summed E-state index contributed by atoms with van der Waals surface area (Å²) in [5, 5.41) is 11.9. The van der Waals surface area contributed by atoms with Crippen LogP contribution < -0.4 is 5.32 Å². The van der Waals surface area contributed by atoms with E-state index in [1.165, 1.54) is 6.26 Å². The minimum absolute atomic E-state index is 0.140. The van der Waals surface area contributed by atoms with Gasteiger partial charge in [0.15, 0.2) is 5.69 Å². The number of nitrogens with zero attached hydrogens (tertiary/aromatic N) is 3. The molecule has 1 aromatic rings. The first-order valence-corrected chi connectivity index (χ1v) is 8.27. The smallest absolute Gasteiger partial charge is 0.296 e. The predicted molar refractivity (Wildman–Crippen MR) is 85.6 cm³/mol. The number of likely N-dealkylation sites (tertiary alicyclic amines) is 1. The highest BCUT2D eigenvalue weighted by atomic mass is 16.4. The van der Waals surface area contributed by atoms with Crippen molar-refractivity contribution in [2.24, 2.45) is 11.3 Å². The van der Waals surface area contributed by atoms with Gasteiger partial charge in [-0.2, -0.15) is 10.2 Å². The van der Waals surface area contributed by atoms with E-state index < -0.39 is 5.54 Å². The Morgan fingerprint density at radius 2 is 2.09 bits per heavy atom.